The van der Waals surface area contributed by atoms with Crippen molar-refractivity contribution in [1.82, 2.24) is 10.2 Å². The highest BCUT2D eigenvalue weighted by molar-refractivity contribution is 5.94. The zero-order valence-electron chi connectivity index (χ0n) is 11.0. The first-order valence-electron chi connectivity index (χ1n) is 6.14. The molecule has 7 heteroatoms. The van der Waals surface area contributed by atoms with Crippen LogP contribution in [0.1, 0.15) is 15.9 Å². The molecule has 1 saturated heterocycles. The Kier molecular flexibility index (Phi) is 3.88. The summed E-state index contributed by atoms with van der Waals surface area (Å²) < 4.78 is 0. The van der Waals surface area contributed by atoms with E-state index in [9.17, 15) is 14.4 Å². The summed E-state index contributed by atoms with van der Waals surface area (Å²) >= 11 is 0. The van der Waals surface area contributed by atoms with Crippen LogP contribution in [-0.4, -0.2) is 47.5 Å². The monoisotopic (exact) mass is 277 g/mol. The van der Waals surface area contributed by atoms with Gasteiger partial charge in [0.15, 0.2) is 0 Å². The van der Waals surface area contributed by atoms with E-state index in [0.717, 1.165) is 0 Å². The Morgan fingerprint density at radius 3 is 2.75 bits per heavy atom. The number of nitrogens with one attached hydrogen (secondary N) is 2. The first kappa shape index (κ1) is 13.9. The van der Waals surface area contributed by atoms with Crippen LogP contribution in [0.15, 0.2) is 18.2 Å². The number of nitrogens with zero attached hydrogens (tertiary/aromatic N) is 1. The molecule has 0 unspecified atom stereocenters. The number of anilines is 1. The van der Waals surface area contributed by atoms with Gasteiger partial charge in [-0.05, 0) is 30.7 Å². The van der Waals surface area contributed by atoms with Crippen molar-refractivity contribution in [1.29, 1.82) is 0 Å². The van der Waals surface area contributed by atoms with Crippen LogP contribution in [0, 0.1) is 6.92 Å². The first-order valence-corrected chi connectivity index (χ1v) is 6.14. The zero-order valence-corrected chi connectivity index (χ0v) is 11.0. The minimum atomic E-state index is -1.02. The Morgan fingerprint density at radius 2 is 2.15 bits per heavy atom. The Morgan fingerprint density at radius 1 is 1.40 bits per heavy atom. The second-order valence-corrected chi connectivity index (χ2v) is 4.54. The maximum atomic E-state index is 12.0. The van der Waals surface area contributed by atoms with Gasteiger partial charge in [0.1, 0.15) is 6.54 Å². The lowest BCUT2D eigenvalue weighted by Gasteiger charge is -2.27. The van der Waals surface area contributed by atoms with Gasteiger partial charge < -0.3 is 20.6 Å². The van der Waals surface area contributed by atoms with Crippen molar-refractivity contribution in [3.05, 3.63) is 29.3 Å². The maximum absolute atomic E-state index is 12.0. The molecule has 0 bridgehead atoms. The van der Waals surface area contributed by atoms with Gasteiger partial charge in [0.05, 0.1) is 5.56 Å². The van der Waals surface area contributed by atoms with Crippen LogP contribution < -0.4 is 10.6 Å². The number of piperazine rings is 1. The van der Waals surface area contributed by atoms with E-state index in [2.05, 4.69) is 10.6 Å². The number of urea groups is 1. The molecule has 0 spiro atoms. The average Bonchev–Trinajstić information content (AvgIpc) is 2.40. The van der Waals surface area contributed by atoms with Crippen molar-refractivity contribution in [2.24, 2.45) is 0 Å². The van der Waals surface area contributed by atoms with E-state index in [1.165, 1.54) is 17.0 Å². The van der Waals surface area contributed by atoms with Crippen molar-refractivity contribution in [3.63, 3.8) is 0 Å². The summed E-state index contributed by atoms with van der Waals surface area (Å²) in [6.45, 7) is 2.62. The number of amides is 3. The molecule has 3 amide bonds. The molecule has 0 aliphatic carbocycles. The minimum absolute atomic E-state index is 0.0259. The van der Waals surface area contributed by atoms with Crippen LogP contribution in [0.5, 0.6) is 0 Å². The highest BCUT2D eigenvalue weighted by Gasteiger charge is 2.21. The molecule has 7 nitrogen and oxygen atoms in total. The molecule has 1 aromatic carbocycles. The number of benzene rings is 1. The van der Waals surface area contributed by atoms with Gasteiger partial charge in [-0.25, -0.2) is 9.59 Å². The van der Waals surface area contributed by atoms with Gasteiger partial charge in [0, 0.05) is 18.8 Å². The number of aromatic carboxylic acids is 1. The summed E-state index contributed by atoms with van der Waals surface area (Å²) in [6.07, 6.45) is 0. The fourth-order valence-electron chi connectivity index (χ4n) is 1.94. The molecule has 0 radical (unpaired) electrons. The number of rotatable bonds is 2. The molecular formula is C13H15N3O4. The van der Waals surface area contributed by atoms with Crippen molar-refractivity contribution in [3.8, 4) is 0 Å². The normalized spacial score (nSPS) is 14.7. The lowest BCUT2D eigenvalue weighted by Crippen LogP contribution is -2.51. The van der Waals surface area contributed by atoms with E-state index in [-0.39, 0.29) is 24.0 Å². The lowest BCUT2D eigenvalue weighted by atomic mass is 10.1. The minimum Gasteiger partial charge on any atom is -0.478 e. The molecule has 106 valence electrons. The molecule has 0 atom stereocenters. The zero-order chi connectivity index (χ0) is 14.7. The standard InChI is InChI=1S/C13H15N3O4/c1-8-6-9(12(18)19)2-3-10(8)15-13(20)16-5-4-14-11(17)7-16/h2-3,6H,4-5,7H2,1H3,(H,14,17)(H,15,20)(H,18,19). The predicted octanol–water partition coefficient (Wildman–Crippen LogP) is 0.657. The van der Waals surface area contributed by atoms with Crippen LogP contribution in [0.25, 0.3) is 0 Å². The summed E-state index contributed by atoms with van der Waals surface area (Å²) in [6, 6.07) is 4.08. The molecule has 20 heavy (non-hydrogen) atoms. The Balaban J connectivity index is 2.07. The van der Waals surface area contributed by atoms with Gasteiger partial charge in [0.2, 0.25) is 5.91 Å². The summed E-state index contributed by atoms with van der Waals surface area (Å²) in [5.41, 5.74) is 1.35. The van der Waals surface area contributed by atoms with E-state index in [0.29, 0.717) is 24.3 Å². The molecule has 2 rings (SSSR count). The molecule has 1 aliphatic rings. The van der Waals surface area contributed by atoms with Crippen LogP contribution >= 0.6 is 0 Å². The third-order valence-corrected chi connectivity index (χ3v) is 3.04. The lowest BCUT2D eigenvalue weighted by molar-refractivity contribution is -0.123. The molecular weight excluding hydrogens is 262 g/mol. The fraction of sp³-hybridized carbons (Fsp3) is 0.308. The number of carboxylic acids is 1. The van der Waals surface area contributed by atoms with Gasteiger partial charge in [0.25, 0.3) is 0 Å². The summed E-state index contributed by atoms with van der Waals surface area (Å²) in [7, 11) is 0. The third-order valence-electron chi connectivity index (χ3n) is 3.04. The molecule has 1 heterocycles. The van der Waals surface area contributed by atoms with Crippen LogP contribution in [0.2, 0.25) is 0 Å². The van der Waals surface area contributed by atoms with Crippen molar-refractivity contribution < 1.29 is 19.5 Å². The molecule has 0 saturated carbocycles. The second-order valence-electron chi connectivity index (χ2n) is 4.54. The van der Waals surface area contributed by atoms with E-state index in [1.807, 2.05) is 0 Å². The molecule has 1 fully saturated rings. The number of aryl methyl sites for hydroxylation is 1. The maximum Gasteiger partial charge on any atom is 0.335 e. The largest absolute Gasteiger partial charge is 0.478 e. The van der Waals surface area contributed by atoms with E-state index in [4.69, 9.17) is 5.11 Å². The first-order chi connectivity index (χ1) is 9.47. The highest BCUT2D eigenvalue weighted by atomic mass is 16.4. The van der Waals surface area contributed by atoms with Crippen molar-refractivity contribution in [2.45, 2.75) is 6.92 Å². The Hall–Kier alpha value is -2.57. The van der Waals surface area contributed by atoms with Crippen LogP contribution in [-0.2, 0) is 4.79 Å². The predicted molar refractivity (Wildman–Crippen MR) is 71.7 cm³/mol. The van der Waals surface area contributed by atoms with Gasteiger partial charge in [-0.3, -0.25) is 4.79 Å². The second kappa shape index (κ2) is 5.60. The van der Waals surface area contributed by atoms with E-state index in [1.54, 1.807) is 13.0 Å². The van der Waals surface area contributed by atoms with E-state index < -0.39 is 5.97 Å². The van der Waals surface area contributed by atoms with Gasteiger partial charge in [-0.1, -0.05) is 0 Å². The SMILES string of the molecule is Cc1cc(C(=O)O)ccc1NC(=O)N1CCNC(=O)C1. The van der Waals surface area contributed by atoms with Crippen molar-refractivity contribution in [2.75, 3.05) is 25.0 Å². The Labute approximate surface area is 115 Å². The molecule has 1 aromatic rings. The van der Waals surface area contributed by atoms with Crippen LogP contribution in [0.3, 0.4) is 0 Å². The van der Waals surface area contributed by atoms with Gasteiger partial charge in [-0.2, -0.15) is 0 Å². The van der Waals surface area contributed by atoms with Gasteiger partial charge in [-0.15, -0.1) is 0 Å². The number of carbonyl (C=O) groups is 3. The summed E-state index contributed by atoms with van der Waals surface area (Å²) in [5, 5.41) is 14.2. The topological polar surface area (TPSA) is 98.7 Å². The smallest absolute Gasteiger partial charge is 0.335 e. The number of carbonyl (C=O) groups excluding carboxylic acids is 2. The Bertz CT molecular complexity index is 571. The highest BCUT2D eigenvalue weighted by Crippen LogP contribution is 2.17. The quantitative estimate of drug-likeness (QED) is 0.739. The summed E-state index contributed by atoms with van der Waals surface area (Å²) in [4.78, 5) is 35.5. The van der Waals surface area contributed by atoms with E-state index >= 15 is 0 Å². The fourth-order valence-corrected chi connectivity index (χ4v) is 1.94. The number of hydrogen-bond acceptors (Lipinski definition) is 3. The number of carboxylic acid groups (broad SMARTS) is 1. The van der Waals surface area contributed by atoms with Gasteiger partial charge >= 0.3 is 12.0 Å². The third kappa shape index (κ3) is 3.05. The summed E-state index contributed by atoms with van der Waals surface area (Å²) in [5.74, 6) is -1.21. The van der Waals surface area contributed by atoms with Crippen molar-refractivity contribution >= 4 is 23.6 Å². The molecule has 1 aliphatic heterocycles. The molecule has 3 N–H and O–H groups in total. The molecule has 0 aromatic heterocycles. The average molecular weight is 277 g/mol. The number of hydrogen-bond donors (Lipinski definition) is 3. The van der Waals surface area contributed by atoms with Crippen LogP contribution in [0.4, 0.5) is 10.5 Å².